The minimum atomic E-state index is 0.0628. The van der Waals surface area contributed by atoms with Gasteiger partial charge in [-0.1, -0.05) is 47.5 Å². The maximum absolute atomic E-state index is 6.37. The fraction of sp³-hybridized carbons (Fsp3) is 0.400. The van der Waals surface area contributed by atoms with E-state index in [9.17, 15) is 0 Å². The molecule has 0 amide bonds. The third kappa shape index (κ3) is 3.21. The van der Waals surface area contributed by atoms with Crippen LogP contribution in [0.15, 0.2) is 48.5 Å². The van der Waals surface area contributed by atoms with Crippen molar-refractivity contribution in [3.05, 3.63) is 69.7 Å². The van der Waals surface area contributed by atoms with Crippen LogP contribution in [0, 0.1) is 0 Å². The van der Waals surface area contributed by atoms with Crippen molar-refractivity contribution in [1.82, 2.24) is 0 Å². The zero-order valence-electron chi connectivity index (χ0n) is 13.6. The van der Waals surface area contributed by atoms with Gasteiger partial charge >= 0.3 is 0 Å². The molecule has 2 saturated heterocycles. The Bertz CT molecular complexity index is 686. The third-order valence-electron chi connectivity index (χ3n) is 5.40. The van der Waals surface area contributed by atoms with Crippen LogP contribution in [0.4, 0.5) is 0 Å². The van der Waals surface area contributed by atoms with E-state index >= 15 is 0 Å². The number of hydrogen-bond acceptors (Lipinski definition) is 1. The van der Waals surface area contributed by atoms with E-state index in [1.165, 1.54) is 36.9 Å². The molecule has 2 aromatic rings. The van der Waals surface area contributed by atoms with Gasteiger partial charge in [0, 0.05) is 22.0 Å². The number of ether oxygens (including phenoxy) is 1. The van der Waals surface area contributed by atoms with Crippen LogP contribution in [0.1, 0.15) is 42.5 Å². The Kier molecular flexibility index (Phi) is 4.82. The summed E-state index contributed by atoms with van der Waals surface area (Å²) in [5.41, 5.74) is 2.51. The van der Waals surface area contributed by atoms with Crippen molar-refractivity contribution in [2.75, 3.05) is 13.2 Å². The Morgan fingerprint density at radius 3 is 2.12 bits per heavy atom. The molecule has 0 aromatic heterocycles. The first-order chi connectivity index (χ1) is 11.7. The molecule has 4 atom stereocenters. The van der Waals surface area contributed by atoms with Crippen molar-refractivity contribution in [3.63, 3.8) is 0 Å². The molecule has 126 valence electrons. The van der Waals surface area contributed by atoms with Crippen LogP contribution in [0.5, 0.6) is 0 Å². The molecular formula is C20H22Cl2NO+. The smallest absolute Gasteiger partial charge is 0.144 e. The molecule has 4 heteroatoms. The lowest BCUT2D eigenvalue weighted by atomic mass is 9.88. The Hall–Kier alpha value is -1.06. The molecule has 2 aliphatic rings. The van der Waals surface area contributed by atoms with Gasteiger partial charge in [-0.2, -0.15) is 0 Å². The molecule has 0 radical (unpaired) electrons. The summed E-state index contributed by atoms with van der Waals surface area (Å²) in [7, 11) is 0. The first-order valence-corrected chi connectivity index (χ1v) is 9.46. The number of halogens is 2. The van der Waals surface area contributed by atoms with Crippen LogP contribution in [0.25, 0.3) is 0 Å². The van der Waals surface area contributed by atoms with E-state index in [0.717, 1.165) is 16.7 Å². The van der Waals surface area contributed by atoms with E-state index in [-0.39, 0.29) is 6.10 Å². The van der Waals surface area contributed by atoms with Crippen LogP contribution in [-0.4, -0.2) is 19.2 Å². The summed E-state index contributed by atoms with van der Waals surface area (Å²) in [6.45, 7) is 2.05. The molecular weight excluding hydrogens is 341 g/mol. The van der Waals surface area contributed by atoms with Crippen molar-refractivity contribution in [2.45, 2.75) is 37.5 Å². The lowest BCUT2D eigenvalue weighted by molar-refractivity contribution is -0.974. The predicted octanol–water partition coefficient (Wildman–Crippen LogP) is 4.24. The van der Waals surface area contributed by atoms with E-state index in [1.807, 2.05) is 24.3 Å². The fourth-order valence-corrected chi connectivity index (χ4v) is 4.47. The highest BCUT2D eigenvalue weighted by molar-refractivity contribution is 6.30. The molecule has 2 aliphatic heterocycles. The standard InChI is InChI=1S/C20H21Cl2NO/c21-16-8-4-14(5-9-16)19-20(15-6-10-17(22)11-7-15)24-13-18-3-1-2-12-23(18)19/h4-11,18-20H,1-3,12-13H2/p+1. The molecule has 0 aliphatic carbocycles. The molecule has 24 heavy (non-hydrogen) atoms. The lowest BCUT2D eigenvalue weighted by Gasteiger charge is -2.45. The fourth-order valence-electron chi connectivity index (χ4n) is 4.22. The van der Waals surface area contributed by atoms with Gasteiger partial charge in [0.15, 0.2) is 0 Å². The van der Waals surface area contributed by atoms with Gasteiger partial charge in [-0.25, -0.2) is 0 Å². The van der Waals surface area contributed by atoms with Crippen molar-refractivity contribution < 1.29 is 9.64 Å². The van der Waals surface area contributed by atoms with Gasteiger partial charge in [0.2, 0.25) is 0 Å². The van der Waals surface area contributed by atoms with E-state index < -0.39 is 0 Å². The summed E-state index contributed by atoms with van der Waals surface area (Å²) in [4.78, 5) is 1.66. The van der Waals surface area contributed by atoms with Gasteiger partial charge in [0.05, 0.1) is 13.2 Å². The number of fused-ring (bicyclic) bond motifs is 1. The van der Waals surface area contributed by atoms with E-state index in [2.05, 4.69) is 24.3 Å². The number of benzene rings is 2. The molecule has 2 heterocycles. The minimum absolute atomic E-state index is 0.0628. The molecule has 4 rings (SSSR count). The Labute approximate surface area is 153 Å². The predicted molar refractivity (Wildman–Crippen MR) is 97.8 cm³/mol. The Balaban J connectivity index is 1.73. The first kappa shape index (κ1) is 16.4. The topological polar surface area (TPSA) is 13.7 Å². The zero-order valence-corrected chi connectivity index (χ0v) is 15.1. The molecule has 4 unspecified atom stereocenters. The van der Waals surface area contributed by atoms with Gasteiger partial charge < -0.3 is 9.64 Å². The van der Waals surface area contributed by atoms with E-state index in [1.54, 1.807) is 4.90 Å². The van der Waals surface area contributed by atoms with Gasteiger partial charge in [-0.05, 0) is 42.7 Å². The van der Waals surface area contributed by atoms with Crippen LogP contribution < -0.4 is 4.90 Å². The summed E-state index contributed by atoms with van der Waals surface area (Å²) in [6, 6.07) is 17.3. The van der Waals surface area contributed by atoms with Crippen LogP contribution >= 0.6 is 23.2 Å². The van der Waals surface area contributed by atoms with Crippen LogP contribution in [-0.2, 0) is 4.74 Å². The van der Waals surface area contributed by atoms with Gasteiger partial charge in [0.1, 0.15) is 18.2 Å². The van der Waals surface area contributed by atoms with E-state index in [0.29, 0.717) is 12.1 Å². The number of hydrogen-bond donors (Lipinski definition) is 1. The SMILES string of the molecule is Clc1ccc(C2OCC3CCCC[NH+]3C2c2ccc(Cl)cc2)cc1. The summed E-state index contributed by atoms with van der Waals surface area (Å²) < 4.78 is 6.37. The summed E-state index contributed by atoms with van der Waals surface area (Å²) in [5, 5.41) is 1.55. The van der Waals surface area contributed by atoms with Crippen molar-refractivity contribution >= 4 is 23.2 Å². The largest absolute Gasteiger partial charge is 0.361 e. The normalized spacial score (nSPS) is 29.9. The monoisotopic (exact) mass is 362 g/mol. The number of morpholine rings is 1. The number of nitrogens with one attached hydrogen (secondary N) is 1. The first-order valence-electron chi connectivity index (χ1n) is 8.70. The molecule has 0 spiro atoms. The van der Waals surface area contributed by atoms with Crippen molar-refractivity contribution in [1.29, 1.82) is 0 Å². The molecule has 2 fully saturated rings. The summed E-state index contributed by atoms with van der Waals surface area (Å²) in [5.74, 6) is 0. The van der Waals surface area contributed by atoms with Crippen LogP contribution in [0.2, 0.25) is 10.0 Å². The number of piperidine rings is 1. The second kappa shape index (κ2) is 7.05. The average molecular weight is 363 g/mol. The van der Waals surface area contributed by atoms with Gasteiger partial charge in [-0.15, -0.1) is 0 Å². The molecule has 2 nitrogen and oxygen atoms in total. The van der Waals surface area contributed by atoms with E-state index in [4.69, 9.17) is 27.9 Å². The molecule has 0 bridgehead atoms. The zero-order chi connectivity index (χ0) is 16.5. The molecule has 0 saturated carbocycles. The van der Waals surface area contributed by atoms with Crippen molar-refractivity contribution in [3.8, 4) is 0 Å². The molecule has 2 aromatic carbocycles. The summed E-state index contributed by atoms with van der Waals surface area (Å²) >= 11 is 12.2. The molecule has 1 N–H and O–H groups in total. The lowest BCUT2D eigenvalue weighted by Crippen LogP contribution is -3.18. The highest BCUT2D eigenvalue weighted by atomic mass is 35.5. The highest BCUT2D eigenvalue weighted by Gasteiger charge is 2.44. The second-order valence-electron chi connectivity index (χ2n) is 6.85. The summed E-state index contributed by atoms with van der Waals surface area (Å²) in [6.07, 6.45) is 3.93. The van der Waals surface area contributed by atoms with Crippen LogP contribution in [0.3, 0.4) is 0 Å². The highest BCUT2D eigenvalue weighted by Crippen LogP contribution is 2.35. The minimum Gasteiger partial charge on any atom is -0.361 e. The second-order valence-corrected chi connectivity index (χ2v) is 7.73. The van der Waals surface area contributed by atoms with Gasteiger partial charge in [0.25, 0.3) is 0 Å². The number of rotatable bonds is 2. The Morgan fingerprint density at radius 1 is 0.833 bits per heavy atom. The number of quaternary nitrogens is 1. The van der Waals surface area contributed by atoms with Gasteiger partial charge in [-0.3, -0.25) is 0 Å². The Morgan fingerprint density at radius 2 is 1.46 bits per heavy atom. The average Bonchev–Trinajstić information content (AvgIpc) is 2.62. The maximum Gasteiger partial charge on any atom is 0.144 e. The van der Waals surface area contributed by atoms with Crippen molar-refractivity contribution in [2.24, 2.45) is 0 Å². The third-order valence-corrected chi connectivity index (χ3v) is 5.90. The quantitative estimate of drug-likeness (QED) is 0.843. The maximum atomic E-state index is 6.37.